The third kappa shape index (κ3) is 3.29. The van der Waals surface area contributed by atoms with Crippen molar-refractivity contribution >= 4 is 17.7 Å². The van der Waals surface area contributed by atoms with Crippen LogP contribution in [0, 0.1) is 0 Å². The molecule has 0 radical (unpaired) electrons. The lowest BCUT2D eigenvalue weighted by Crippen LogP contribution is -1.96. The predicted octanol–water partition coefficient (Wildman–Crippen LogP) is 2.47. The van der Waals surface area contributed by atoms with Crippen molar-refractivity contribution in [1.82, 2.24) is 9.97 Å². The number of pyridine rings is 2. The van der Waals surface area contributed by atoms with E-state index in [4.69, 9.17) is 5.11 Å². The molecule has 0 amide bonds. The van der Waals surface area contributed by atoms with E-state index in [1.165, 1.54) is 6.20 Å². The highest BCUT2D eigenvalue weighted by Crippen LogP contribution is 2.20. The molecule has 0 aromatic carbocycles. The van der Waals surface area contributed by atoms with E-state index in [1.54, 1.807) is 36.3 Å². The van der Waals surface area contributed by atoms with E-state index in [-0.39, 0.29) is 5.56 Å². The first-order chi connectivity index (χ1) is 8.25. The van der Waals surface area contributed by atoms with Gasteiger partial charge in [-0.1, -0.05) is 0 Å². The Kier molecular flexibility index (Phi) is 3.72. The van der Waals surface area contributed by atoms with Crippen LogP contribution in [0.2, 0.25) is 0 Å². The van der Waals surface area contributed by atoms with Crippen molar-refractivity contribution in [3.63, 3.8) is 0 Å². The molecule has 0 aliphatic carbocycles. The third-order valence-electron chi connectivity index (χ3n) is 2.12. The molecule has 17 heavy (non-hydrogen) atoms. The molecule has 0 saturated carbocycles. The summed E-state index contributed by atoms with van der Waals surface area (Å²) in [5, 5.41) is 9.54. The summed E-state index contributed by atoms with van der Waals surface area (Å²) in [4.78, 5) is 18.7. The molecule has 2 rings (SSSR count). The monoisotopic (exact) mass is 246 g/mol. The molecular weight excluding hydrogens is 236 g/mol. The van der Waals surface area contributed by atoms with E-state index >= 15 is 0 Å². The Bertz CT molecular complexity index is 500. The summed E-state index contributed by atoms with van der Waals surface area (Å²) in [5.41, 5.74) is 1.37. The van der Waals surface area contributed by atoms with Crippen LogP contribution in [0.15, 0.2) is 47.9 Å². The van der Waals surface area contributed by atoms with Gasteiger partial charge in [-0.2, -0.15) is 0 Å². The number of thioether (sulfide) groups is 1. The molecular formula is C12H10N2O2S. The highest BCUT2D eigenvalue weighted by Gasteiger charge is 2.03. The Morgan fingerprint density at radius 2 is 2.00 bits per heavy atom. The summed E-state index contributed by atoms with van der Waals surface area (Å²) < 4.78 is 0. The smallest absolute Gasteiger partial charge is 0.337 e. The summed E-state index contributed by atoms with van der Waals surface area (Å²) in [7, 11) is 0. The molecule has 2 heterocycles. The Morgan fingerprint density at radius 1 is 1.24 bits per heavy atom. The zero-order valence-corrected chi connectivity index (χ0v) is 9.72. The van der Waals surface area contributed by atoms with Gasteiger partial charge in [-0.25, -0.2) is 9.78 Å². The minimum absolute atomic E-state index is 0.207. The molecule has 2 aromatic rings. The van der Waals surface area contributed by atoms with Crippen LogP contribution in [0.3, 0.4) is 0 Å². The highest BCUT2D eigenvalue weighted by atomic mass is 32.2. The van der Waals surface area contributed by atoms with Crippen molar-refractivity contribution in [3.8, 4) is 0 Å². The van der Waals surface area contributed by atoms with Crippen LogP contribution in [-0.4, -0.2) is 21.0 Å². The second kappa shape index (κ2) is 5.45. The van der Waals surface area contributed by atoms with Crippen LogP contribution in [0.1, 0.15) is 15.9 Å². The first-order valence-electron chi connectivity index (χ1n) is 4.97. The van der Waals surface area contributed by atoms with Crippen LogP contribution in [-0.2, 0) is 5.75 Å². The van der Waals surface area contributed by atoms with E-state index in [0.717, 1.165) is 16.3 Å². The molecule has 0 fully saturated rings. The Morgan fingerprint density at radius 3 is 2.59 bits per heavy atom. The number of hydrogen-bond acceptors (Lipinski definition) is 4. The molecule has 0 aliphatic heterocycles. The van der Waals surface area contributed by atoms with Crippen LogP contribution in [0.5, 0.6) is 0 Å². The lowest BCUT2D eigenvalue weighted by molar-refractivity contribution is 0.0696. The van der Waals surface area contributed by atoms with Gasteiger partial charge in [0.2, 0.25) is 0 Å². The van der Waals surface area contributed by atoms with Crippen LogP contribution >= 0.6 is 11.8 Å². The van der Waals surface area contributed by atoms with Crippen molar-refractivity contribution in [2.75, 3.05) is 0 Å². The van der Waals surface area contributed by atoms with Gasteiger partial charge in [-0.15, -0.1) is 11.8 Å². The van der Waals surface area contributed by atoms with Crippen LogP contribution < -0.4 is 0 Å². The van der Waals surface area contributed by atoms with E-state index < -0.39 is 5.97 Å². The third-order valence-corrected chi connectivity index (χ3v) is 3.13. The maximum atomic E-state index is 10.6. The van der Waals surface area contributed by atoms with E-state index in [1.807, 2.05) is 12.1 Å². The lowest BCUT2D eigenvalue weighted by Gasteiger charge is -2.01. The number of carboxylic acids is 1. The molecule has 0 atom stereocenters. The van der Waals surface area contributed by atoms with Gasteiger partial charge in [0.25, 0.3) is 0 Å². The molecule has 0 spiro atoms. The first-order valence-corrected chi connectivity index (χ1v) is 5.95. The Hall–Kier alpha value is -1.88. The lowest BCUT2D eigenvalue weighted by atomic mass is 10.3. The largest absolute Gasteiger partial charge is 0.478 e. The number of nitrogens with zero attached hydrogens (tertiary/aromatic N) is 2. The standard InChI is InChI=1S/C12H10N2O2S/c15-12(16)10-1-2-11(14-7-10)17-8-9-3-5-13-6-4-9/h1-7H,8H2,(H,15,16). The van der Waals surface area contributed by atoms with Crippen molar-refractivity contribution in [2.45, 2.75) is 10.8 Å². The van der Waals surface area contributed by atoms with Gasteiger partial charge >= 0.3 is 5.97 Å². The van der Waals surface area contributed by atoms with Gasteiger partial charge < -0.3 is 5.11 Å². The Balaban J connectivity index is 1.98. The zero-order valence-electron chi connectivity index (χ0n) is 8.91. The molecule has 5 heteroatoms. The first kappa shape index (κ1) is 11.6. The van der Waals surface area contributed by atoms with Gasteiger partial charge in [0.15, 0.2) is 0 Å². The Labute approximate surface area is 103 Å². The number of aromatic carboxylic acids is 1. The van der Waals surface area contributed by atoms with Crippen molar-refractivity contribution < 1.29 is 9.90 Å². The molecule has 0 bridgehead atoms. The summed E-state index contributed by atoms with van der Waals surface area (Å²) >= 11 is 1.56. The number of rotatable bonds is 4. The van der Waals surface area contributed by atoms with E-state index in [2.05, 4.69) is 9.97 Å². The molecule has 0 unspecified atom stereocenters. The van der Waals surface area contributed by atoms with E-state index in [9.17, 15) is 4.79 Å². The topological polar surface area (TPSA) is 63.1 Å². The number of aromatic nitrogens is 2. The maximum absolute atomic E-state index is 10.6. The fourth-order valence-corrected chi connectivity index (χ4v) is 2.03. The fraction of sp³-hybridized carbons (Fsp3) is 0.0833. The second-order valence-electron chi connectivity index (χ2n) is 3.33. The zero-order chi connectivity index (χ0) is 12.1. The average molecular weight is 246 g/mol. The molecule has 0 saturated heterocycles. The SMILES string of the molecule is O=C(O)c1ccc(SCc2ccncc2)nc1. The minimum Gasteiger partial charge on any atom is -0.478 e. The minimum atomic E-state index is -0.955. The molecule has 86 valence electrons. The van der Waals surface area contributed by atoms with Crippen molar-refractivity contribution in [2.24, 2.45) is 0 Å². The van der Waals surface area contributed by atoms with Gasteiger partial charge in [0.1, 0.15) is 0 Å². The van der Waals surface area contributed by atoms with Gasteiger partial charge in [0.05, 0.1) is 10.6 Å². The molecule has 0 aliphatic rings. The molecule has 1 N–H and O–H groups in total. The average Bonchev–Trinajstić information content (AvgIpc) is 2.38. The second-order valence-corrected chi connectivity index (χ2v) is 4.33. The normalized spacial score (nSPS) is 10.1. The van der Waals surface area contributed by atoms with Crippen LogP contribution in [0.25, 0.3) is 0 Å². The van der Waals surface area contributed by atoms with E-state index in [0.29, 0.717) is 0 Å². The predicted molar refractivity (Wildman–Crippen MR) is 65.0 cm³/mol. The maximum Gasteiger partial charge on any atom is 0.337 e. The number of hydrogen-bond donors (Lipinski definition) is 1. The molecule has 4 nitrogen and oxygen atoms in total. The highest BCUT2D eigenvalue weighted by molar-refractivity contribution is 7.98. The van der Waals surface area contributed by atoms with Crippen molar-refractivity contribution in [3.05, 3.63) is 54.0 Å². The van der Waals surface area contributed by atoms with Crippen molar-refractivity contribution in [1.29, 1.82) is 0 Å². The van der Waals surface area contributed by atoms with Crippen LogP contribution in [0.4, 0.5) is 0 Å². The van der Waals surface area contributed by atoms with Gasteiger partial charge in [-0.05, 0) is 29.8 Å². The fourth-order valence-electron chi connectivity index (χ4n) is 1.23. The summed E-state index contributed by atoms with van der Waals surface area (Å²) in [6.45, 7) is 0. The van der Waals surface area contributed by atoms with Gasteiger partial charge in [-0.3, -0.25) is 4.98 Å². The number of carbonyl (C=O) groups is 1. The quantitative estimate of drug-likeness (QED) is 0.839. The van der Waals surface area contributed by atoms with Gasteiger partial charge in [0, 0.05) is 24.3 Å². The number of carboxylic acid groups (broad SMARTS) is 1. The summed E-state index contributed by atoms with van der Waals surface area (Å²) in [6.07, 6.45) is 4.87. The summed E-state index contributed by atoms with van der Waals surface area (Å²) in [5.74, 6) is -0.162. The summed E-state index contributed by atoms with van der Waals surface area (Å²) in [6, 6.07) is 7.16. The molecule has 2 aromatic heterocycles.